The SMILES string of the molecule is CN(C)CCCN(C)c1nc[c]cn1. The zero-order valence-electron chi connectivity index (χ0n) is 9.06. The van der Waals surface area contributed by atoms with Crippen LogP contribution in [0.15, 0.2) is 12.4 Å². The molecule has 0 atom stereocenters. The van der Waals surface area contributed by atoms with Crippen LogP contribution in [0, 0.1) is 6.07 Å². The zero-order chi connectivity index (χ0) is 10.4. The van der Waals surface area contributed by atoms with Crippen LogP contribution < -0.4 is 4.90 Å². The number of aromatic nitrogens is 2. The van der Waals surface area contributed by atoms with Crippen LogP contribution in [0.2, 0.25) is 0 Å². The molecule has 0 unspecified atom stereocenters. The van der Waals surface area contributed by atoms with Crippen molar-refractivity contribution < 1.29 is 0 Å². The van der Waals surface area contributed by atoms with Gasteiger partial charge in [-0.2, -0.15) is 0 Å². The molecule has 4 nitrogen and oxygen atoms in total. The minimum Gasteiger partial charge on any atom is -0.344 e. The Morgan fingerprint density at radius 3 is 2.36 bits per heavy atom. The van der Waals surface area contributed by atoms with Crippen molar-refractivity contribution in [2.75, 3.05) is 39.1 Å². The minimum absolute atomic E-state index is 0.766. The van der Waals surface area contributed by atoms with Crippen LogP contribution in [-0.4, -0.2) is 49.1 Å². The molecule has 0 bridgehead atoms. The Labute approximate surface area is 85.6 Å². The second-order valence-corrected chi connectivity index (χ2v) is 3.56. The number of anilines is 1. The molecule has 1 aromatic rings. The molecule has 0 fully saturated rings. The molecule has 0 aliphatic carbocycles. The van der Waals surface area contributed by atoms with Gasteiger partial charge in [0.2, 0.25) is 5.95 Å². The molecule has 4 heteroatoms. The van der Waals surface area contributed by atoms with Crippen LogP contribution >= 0.6 is 0 Å². The Bertz CT molecular complexity index is 248. The summed E-state index contributed by atoms with van der Waals surface area (Å²) in [5.41, 5.74) is 0. The number of hydrogen-bond acceptors (Lipinski definition) is 4. The molecule has 0 saturated heterocycles. The number of nitrogens with zero attached hydrogens (tertiary/aromatic N) is 4. The predicted molar refractivity (Wildman–Crippen MR) is 57.3 cm³/mol. The fraction of sp³-hybridized carbons (Fsp3) is 0.600. The first-order chi connectivity index (χ1) is 6.70. The summed E-state index contributed by atoms with van der Waals surface area (Å²) >= 11 is 0. The highest BCUT2D eigenvalue weighted by Gasteiger charge is 2.01. The molecule has 1 heterocycles. The van der Waals surface area contributed by atoms with E-state index in [2.05, 4.69) is 39.9 Å². The predicted octanol–water partition coefficient (Wildman–Crippen LogP) is 0.665. The second-order valence-electron chi connectivity index (χ2n) is 3.56. The maximum atomic E-state index is 4.12. The van der Waals surface area contributed by atoms with Gasteiger partial charge < -0.3 is 9.80 Å². The smallest absolute Gasteiger partial charge is 0.225 e. The van der Waals surface area contributed by atoms with Gasteiger partial charge >= 0.3 is 0 Å². The molecule has 0 aliphatic rings. The highest BCUT2D eigenvalue weighted by atomic mass is 15.2. The summed E-state index contributed by atoms with van der Waals surface area (Å²) in [4.78, 5) is 12.5. The number of rotatable bonds is 5. The van der Waals surface area contributed by atoms with E-state index >= 15 is 0 Å². The van der Waals surface area contributed by atoms with Crippen molar-refractivity contribution in [1.29, 1.82) is 0 Å². The summed E-state index contributed by atoms with van der Waals surface area (Å²) in [6.07, 6.45) is 4.40. The second kappa shape index (κ2) is 5.54. The molecule has 1 rings (SSSR count). The van der Waals surface area contributed by atoms with Crippen LogP contribution in [-0.2, 0) is 0 Å². The summed E-state index contributed by atoms with van der Waals surface area (Å²) in [5.74, 6) is 0.766. The van der Waals surface area contributed by atoms with Crippen molar-refractivity contribution in [2.24, 2.45) is 0 Å². The highest BCUT2D eigenvalue weighted by molar-refractivity contribution is 5.25. The molecule has 0 N–H and O–H groups in total. The van der Waals surface area contributed by atoms with E-state index in [1.807, 2.05) is 7.05 Å². The van der Waals surface area contributed by atoms with Crippen LogP contribution in [0.1, 0.15) is 6.42 Å². The lowest BCUT2D eigenvalue weighted by molar-refractivity contribution is 0.401. The van der Waals surface area contributed by atoms with Crippen LogP contribution in [0.25, 0.3) is 0 Å². The fourth-order valence-corrected chi connectivity index (χ4v) is 1.18. The van der Waals surface area contributed by atoms with Gasteiger partial charge in [-0.1, -0.05) is 0 Å². The van der Waals surface area contributed by atoms with E-state index in [4.69, 9.17) is 0 Å². The first kappa shape index (κ1) is 10.9. The quantitative estimate of drug-likeness (QED) is 0.688. The Morgan fingerprint density at radius 1 is 1.14 bits per heavy atom. The molecule has 1 aromatic heterocycles. The lowest BCUT2D eigenvalue weighted by Crippen LogP contribution is -2.24. The lowest BCUT2D eigenvalue weighted by Gasteiger charge is -2.17. The molecular formula is C10H17N4. The van der Waals surface area contributed by atoms with Crippen LogP contribution in [0.5, 0.6) is 0 Å². The highest BCUT2D eigenvalue weighted by Crippen LogP contribution is 2.01. The van der Waals surface area contributed by atoms with E-state index in [0.29, 0.717) is 0 Å². The van der Waals surface area contributed by atoms with Crippen molar-refractivity contribution in [3.63, 3.8) is 0 Å². The van der Waals surface area contributed by atoms with Gasteiger partial charge in [0.25, 0.3) is 0 Å². The van der Waals surface area contributed by atoms with Gasteiger partial charge in [0.05, 0.1) is 0 Å². The molecular weight excluding hydrogens is 176 g/mol. The summed E-state index contributed by atoms with van der Waals surface area (Å²) in [7, 11) is 6.16. The number of hydrogen-bond donors (Lipinski definition) is 0. The third-order valence-corrected chi connectivity index (χ3v) is 1.95. The van der Waals surface area contributed by atoms with Gasteiger partial charge in [0, 0.05) is 32.1 Å². The third-order valence-electron chi connectivity index (χ3n) is 1.95. The fourth-order valence-electron chi connectivity index (χ4n) is 1.18. The molecule has 0 amide bonds. The van der Waals surface area contributed by atoms with Crippen molar-refractivity contribution in [3.05, 3.63) is 18.5 Å². The molecule has 0 spiro atoms. The van der Waals surface area contributed by atoms with Gasteiger partial charge in [-0.05, 0) is 27.1 Å². The Morgan fingerprint density at radius 2 is 1.79 bits per heavy atom. The molecule has 0 aliphatic heterocycles. The molecule has 77 valence electrons. The van der Waals surface area contributed by atoms with Crippen molar-refractivity contribution in [3.8, 4) is 0 Å². The average Bonchev–Trinajstić information content (AvgIpc) is 2.18. The van der Waals surface area contributed by atoms with E-state index in [1.54, 1.807) is 12.4 Å². The van der Waals surface area contributed by atoms with Gasteiger partial charge in [-0.15, -0.1) is 0 Å². The van der Waals surface area contributed by atoms with Gasteiger partial charge in [-0.3, -0.25) is 0 Å². The first-order valence-corrected chi connectivity index (χ1v) is 4.74. The summed E-state index contributed by atoms with van der Waals surface area (Å²) in [6.45, 7) is 2.06. The van der Waals surface area contributed by atoms with E-state index in [9.17, 15) is 0 Å². The van der Waals surface area contributed by atoms with Crippen molar-refractivity contribution in [2.45, 2.75) is 6.42 Å². The van der Waals surface area contributed by atoms with E-state index in [-0.39, 0.29) is 0 Å². The van der Waals surface area contributed by atoms with E-state index < -0.39 is 0 Å². The van der Waals surface area contributed by atoms with Crippen molar-refractivity contribution in [1.82, 2.24) is 14.9 Å². The van der Waals surface area contributed by atoms with E-state index in [1.165, 1.54) is 0 Å². The Balaban J connectivity index is 2.32. The minimum atomic E-state index is 0.766. The summed E-state index contributed by atoms with van der Waals surface area (Å²) in [5, 5.41) is 0. The summed E-state index contributed by atoms with van der Waals surface area (Å²) < 4.78 is 0. The van der Waals surface area contributed by atoms with E-state index in [0.717, 1.165) is 25.5 Å². The van der Waals surface area contributed by atoms with Crippen LogP contribution in [0.4, 0.5) is 5.95 Å². The third kappa shape index (κ3) is 3.70. The standard InChI is InChI=1S/C10H17N4/c1-13(2)8-5-9-14(3)10-11-6-4-7-12-10/h6-7H,5,8-9H2,1-3H3. The normalized spacial score (nSPS) is 10.6. The Hall–Kier alpha value is -1.16. The average molecular weight is 193 g/mol. The van der Waals surface area contributed by atoms with Gasteiger partial charge in [0.15, 0.2) is 0 Å². The first-order valence-electron chi connectivity index (χ1n) is 4.74. The molecule has 1 radical (unpaired) electrons. The molecule has 14 heavy (non-hydrogen) atoms. The monoisotopic (exact) mass is 193 g/mol. The van der Waals surface area contributed by atoms with Crippen LogP contribution in [0.3, 0.4) is 0 Å². The summed E-state index contributed by atoms with van der Waals surface area (Å²) in [6, 6.07) is 2.80. The van der Waals surface area contributed by atoms with Crippen molar-refractivity contribution >= 4 is 5.95 Å². The zero-order valence-corrected chi connectivity index (χ0v) is 9.06. The van der Waals surface area contributed by atoms with Gasteiger partial charge in [0.1, 0.15) is 0 Å². The molecule has 0 saturated carbocycles. The molecule has 0 aromatic carbocycles. The van der Waals surface area contributed by atoms with Gasteiger partial charge in [-0.25, -0.2) is 9.97 Å². The Kier molecular flexibility index (Phi) is 4.32. The lowest BCUT2D eigenvalue weighted by atomic mass is 10.4. The maximum Gasteiger partial charge on any atom is 0.225 e. The topological polar surface area (TPSA) is 32.3 Å². The largest absolute Gasteiger partial charge is 0.344 e. The maximum absolute atomic E-state index is 4.12.